The van der Waals surface area contributed by atoms with Crippen LogP contribution in [0.15, 0.2) is 29.1 Å². The normalized spacial score (nSPS) is 14.8. The Hall–Kier alpha value is -2.77. The molecule has 3 unspecified atom stereocenters. The van der Waals surface area contributed by atoms with Crippen molar-refractivity contribution in [2.24, 2.45) is 11.8 Å². The van der Waals surface area contributed by atoms with Gasteiger partial charge in [0.15, 0.2) is 0 Å². The molecule has 0 saturated carbocycles. The fourth-order valence-corrected chi connectivity index (χ4v) is 2.80. The smallest absolute Gasteiger partial charge is 0.326 e. The highest BCUT2D eigenvalue weighted by Gasteiger charge is 2.32. The first-order valence-corrected chi connectivity index (χ1v) is 8.65. The molecule has 8 nitrogen and oxygen atoms in total. The molecule has 0 radical (unpaired) electrons. The fraction of sp³-hybridized carbons (Fsp3) is 0.500. The standard InChI is InChI=1S/C18H24N4O4/c1-5-11(4)14(18(25)26)19-16(23)15(10(2)3)22-17(24)12-8-6-7-9-13(12)20-21-22/h6-11,14-15H,5H2,1-4H3,(H,19,23)(H,25,26). The summed E-state index contributed by atoms with van der Waals surface area (Å²) in [7, 11) is 0. The summed E-state index contributed by atoms with van der Waals surface area (Å²) in [5.41, 5.74) is 0.0135. The van der Waals surface area contributed by atoms with Crippen LogP contribution in [-0.4, -0.2) is 38.0 Å². The summed E-state index contributed by atoms with van der Waals surface area (Å²) in [4.78, 5) is 37.1. The zero-order chi connectivity index (χ0) is 19.4. The number of hydrogen-bond donors (Lipinski definition) is 2. The van der Waals surface area contributed by atoms with E-state index in [4.69, 9.17) is 0 Å². The number of carbonyl (C=O) groups is 2. The van der Waals surface area contributed by atoms with Gasteiger partial charge in [0, 0.05) is 0 Å². The number of amides is 1. The van der Waals surface area contributed by atoms with Crippen LogP contribution in [0.25, 0.3) is 10.9 Å². The number of carboxylic acid groups (broad SMARTS) is 1. The van der Waals surface area contributed by atoms with Gasteiger partial charge in [0.25, 0.3) is 5.56 Å². The molecule has 140 valence electrons. The van der Waals surface area contributed by atoms with E-state index in [1.54, 1.807) is 45.0 Å². The number of nitrogens with one attached hydrogen (secondary N) is 1. The number of benzene rings is 1. The lowest BCUT2D eigenvalue weighted by Gasteiger charge is -2.25. The van der Waals surface area contributed by atoms with Crippen molar-refractivity contribution in [3.63, 3.8) is 0 Å². The van der Waals surface area contributed by atoms with E-state index in [0.29, 0.717) is 17.3 Å². The first-order valence-electron chi connectivity index (χ1n) is 8.65. The summed E-state index contributed by atoms with van der Waals surface area (Å²) in [5.74, 6) is -2.19. The van der Waals surface area contributed by atoms with Gasteiger partial charge in [-0.25, -0.2) is 4.79 Å². The molecular formula is C18H24N4O4. The van der Waals surface area contributed by atoms with Gasteiger partial charge in [-0.1, -0.05) is 51.5 Å². The molecule has 0 aliphatic heterocycles. The Bertz CT molecular complexity index is 862. The van der Waals surface area contributed by atoms with Gasteiger partial charge in [-0.2, -0.15) is 4.68 Å². The van der Waals surface area contributed by atoms with Crippen LogP contribution in [0.3, 0.4) is 0 Å². The first kappa shape index (κ1) is 19.6. The highest BCUT2D eigenvalue weighted by atomic mass is 16.4. The molecule has 26 heavy (non-hydrogen) atoms. The molecule has 3 atom stereocenters. The van der Waals surface area contributed by atoms with Crippen molar-refractivity contribution in [2.75, 3.05) is 0 Å². The van der Waals surface area contributed by atoms with E-state index in [1.807, 2.05) is 6.92 Å². The maximum Gasteiger partial charge on any atom is 0.326 e. The van der Waals surface area contributed by atoms with Crippen LogP contribution >= 0.6 is 0 Å². The van der Waals surface area contributed by atoms with Gasteiger partial charge in [-0.3, -0.25) is 9.59 Å². The van der Waals surface area contributed by atoms with E-state index in [-0.39, 0.29) is 11.8 Å². The van der Waals surface area contributed by atoms with Crippen LogP contribution in [0.5, 0.6) is 0 Å². The van der Waals surface area contributed by atoms with Gasteiger partial charge in [0.1, 0.15) is 17.6 Å². The molecule has 1 aromatic heterocycles. The average Bonchev–Trinajstić information content (AvgIpc) is 2.61. The lowest BCUT2D eigenvalue weighted by atomic mass is 9.97. The number of aromatic nitrogens is 3. The molecule has 0 aliphatic rings. The van der Waals surface area contributed by atoms with Gasteiger partial charge in [0.05, 0.1) is 5.39 Å². The number of carbonyl (C=O) groups excluding carboxylic acids is 1. The second-order valence-corrected chi connectivity index (χ2v) is 6.76. The summed E-state index contributed by atoms with van der Waals surface area (Å²) < 4.78 is 1.04. The van der Waals surface area contributed by atoms with Crippen molar-refractivity contribution < 1.29 is 14.7 Å². The minimum atomic E-state index is -1.10. The van der Waals surface area contributed by atoms with Crippen molar-refractivity contribution in [3.05, 3.63) is 34.6 Å². The molecule has 2 rings (SSSR count). The number of carboxylic acids is 1. The predicted molar refractivity (Wildman–Crippen MR) is 96.7 cm³/mol. The zero-order valence-corrected chi connectivity index (χ0v) is 15.3. The molecule has 0 aliphatic carbocycles. The fourth-order valence-electron chi connectivity index (χ4n) is 2.80. The Morgan fingerprint density at radius 2 is 1.88 bits per heavy atom. The summed E-state index contributed by atoms with van der Waals surface area (Å²) in [5, 5.41) is 20.2. The van der Waals surface area contributed by atoms with E-state index < -0.39 is 29.5 Å². The minimum Gasteiger partial charge on any atom is -0.480 e. The summed E-state index contributed by atoms with van der Waals surface area (Å²) in [6.45, 7) is 7.15. The summed E-state index contributed by atoms with van der Waals surface area (Å²) in [6.07, 6.45) is 0.597. The van der Waals surface area contributed by atoms with Crippen molar-refractivity contribution in [2.45, 2.75) is 46.2 Å². The van der Waals surface area contributed by atoms with Crippen LogP contribution in [0.1, 0.15) is 40.2 Å². The number of rotatable bonds is 7. The molecule has 0 bridgehead atoms. The van der Waals surface area contributed by atoms with E-state index in [0.717, 1.165) is 4.68 Å². The molecule has 0 fully saturated rings. The number of fused-ring (bicyclic) bond motifs is 1. The lowest BCUT2D eigenvalue weighted by molar-refractivity contribution is -0.144. The lowest BCUT2D eigenvalue weighted by Crippen LogP contribution is -2.50. The third-order valence-electron chi connectivity index (χ3n) is 4.53. The first-order chi connectivity index (χ1) is 12.3. The Balaban J connectivity index is 2.43. The molecule has 2 N–H and O–H groups in total. The summed E-state index contributed by atoms with van der Waals surface area (Å²) in [6, 6.07) is 4.77. The number of aliphatic carboxylic acids is 1. The predicted octanol–water partition coefficient (Wildman–Crippen LogP) is 1.60. The van der Waals surface area contributed by atoms with Crippen LogP contribution in [0, 0.1) is 11.8 Å². The van der Waals surface area contributed by atoms with Gasteiger partial charge in [-0.05, 0) is 24.0 Å². The quantitative estimate of drug-likeness (QED) is 0.775. The van der Waals surface area contributed by atoms with Gasteiger partial charge in [-0.15, -0.1) is 5.10 Å². The molecule has 1 heterocycles. The van der Waals surface area contributed by atoms with Gasteiger partial charge in [0.2, 0.25) is 5.91 Å². The molecule has 0 saturated heterocycles. The van der Waals surface area contributed by atoms with E-state index >= 15 is 0 Å². The van der Waals surface area contributed by atoms with E-state index in [1.165, 1.54) is 0 Å². The molecule has 8 heteroatoms. The highest BCUT2D eigenvalue weighted by molar-refractivity contribution is 5.86. The van der Waals surface area contributed by atoms with Crippen LogP contribution in [-0.2, 0) is 9.59 Å². The summed E-state index contributed by atoms with van der Waals surface area (Å²) >= 11 is 0. The highest BCUT2D eigenvalue weighted by Crippen LogP contribution is 2.18. The molecule has 2 aromatic rings. The van der Waals surface area contributed by atoms with Crippen LogP contribution in [0.2, 0.25) is 0 Å². The van der Waals surface area contributed by atoms with E-state index in [9.17, 15) is 19.5 Å². The average molecular weight is 360 g/mol. The van der Waals surface area contributed by atoms with Gasteiger partial charge < -0.3 is 10.4 Å². The van der Waals surface area contributed by atoms with E-state index in [2.05, 4.69) is 15.6 Å². The molecule has 1 aromatic carbocycles. The topological polar surface area (TPSA) is 114 Å². The maximum atomic E-state index is 12.8. The maximum absolute atomic E-state index is 12.8. The molecule has 1 amide bonds. The number of nitrogens with zero attached hydrogens (tertiary/aromatic N) is 3. The monoisotopic (exact) mass is 360 g/mol. The molecule has 0 spiro atoms. The van der Waals surface area contributed by atoms with Crippen molar-refractivity contribution in [3.8, 4) is 0 Å². The SMILES string of the molecule is CCC(C)C(NC(=O)C(C(C)C)n1nnc2ccccc2c1=O)C(=O)O. The Kier molecular flexibility index (Phi) is 6.07. The van der Waals surface area contributed by atoms with Gasteiger partial charge >= 0.3 is 5.97 Å². The van der Waals surface area contributed by atoms with Crippen molar-refractivity contribution in [1.82, 2.24) is 20.3 Å². The second-order valence-electron chi connectivity index (χ2n) is 6.76. The third-order valence-corrected chi connectivity index (χ3v) is 4.53. The van der Waals surface area contributed by atoms with Crippen molar-refractivity contribution in [1.29, 1.82) is 0 Å². The van der Waals surface area contributed by atoms with Crippen LogP contribution in [0.4, 0.5) is 0 Å². The van der Waals surface area contributed by atoms with Crippen LogP contribution < -0.4 is 10.9 Å². The molecular weight excluding hydrogens is 336 g/mol. The largest absolute Gasteiger partial charge is 0.480 e. The Morgan fingerprint density at radius 3 is 2.46 bits per heavy atom. The number of hydrogen-bond acceptors (Lipinski definition) is 5. The van der Waals surface area contributed by atoms with Crippen molar-refractivity contribution >= 4 is 22.8 Å². The minimum absolute atomic E-state index is 0.247. The Labute approximate surface area is 151 Å². The third kappa shape index (κ3) is 3.89. The Morgan fingerprint density at radius 1 is 1.23 bits per heavy atom. The second kappa shape index (κ2) is 8.07. The zero-order valence-electron chi connectivity index (χ0n) is 15.3.